The number of carbonyl (C=O) groups excluding carboxylic acids is 1. The van der Waals surface area contributed by atoms with E-state index in [4.69, 9.17) is 9.47 Å². The van der Waals surface area contributed by atoms with Crippen molar-refractivity contribution in [3.8, 4) is 5.88 Å². The Morgan fingerprint density at radius 1 is 1.22 bits per heavy atom. The number of nitrogens with zero attached hydrogens (tertiary/aromatic N) is 3. The van der Waals surface area contributed by atoms with Crippen molar-refractivity contribution in [2.75, 3.05) is 39.9 Å². The largest absolute Gasteiger partial charge is 0.481 e. The van der Waals surface area contributed by atoms with Gasteiger partial charge in [0.2, 0.25) is 5.88 Å². The first-order chi connectivity index (χ1) is 15.7. The second kappa shape index (κ2) is 10.9. The van der Waals surface area contributed by atoms with E-state index in [1.165, 1.54) is 0 Å². The van der Waals surface area contributed by atoms with Gasteiger partial charge in [0, 0.05) is 50.0 Å². The number of carbonyl (C=O) groups is 1. The Bertz CT molecular complexity index is 1030. The summed E-state index contributed by atoms with van der Waals surface area (Å²) in [4.78, 5) is 23.6. The van der Waals surface area contributed by atoms with Gasteiger partial charge in [0.1, 0.15) is 6.61 Å². The molecule has 168 valence electrons. The molecule has 0 spiro atoms. The highest BCUT2D eigenvalue weighted by Gasteiger charge is 2.25. The van der Waals surface area contributed by atoms with E-state index in [2.05, 4.69) is 25.5 Å². The average molecular weight is 436 g/mol. The highest BCUT2D eigenvalue weighted by molar-refractivity contribution is 5.78. The number of ether oxygens (including phenoxy) is 2. The Balaban J connectivity index is 1.41. The summed E-state index contributed by atoms with van der Waals surface area (Å²) < 4.78 is 10.8. The second-order valence-electron chi connectivity index (χ2n) is 7.71. The molecule has 1 amide bonds. The molecular formula is C24H29N5O3. The summed E-state index contributed by atoms with van der Waals surface area (Å²) in [5, 5.41) is 6.32. The zero-order valence-electron chi connectivity index (χ0n) is 18.3. The number of amides is 1. The fourth-order valence-electron chi connectivity index (χ4n) is 3.99. The Kier molecular flexibility index (Phi) is 7.47. The van der Waals surface area contributed by atoms with Gasteiger partial charge in [-0.05, 0) is 30.7 Å². The van der Waals surface area contributed by atoms with E-state index < -0.39 is 6.09 Å². The summed E-state index contributed by atoms with van der Waals surface area (Å²) in [5.41, 5.74) is 3.81. The maximum atomic E-state index is 12.1. The van der Waals surface area contributed by atoms with Gasteiger partial charge in [0.25, 0.3) is 0 Å². The molecule has 1 fully saturated rings. The molecule has 1 aromatic carbocycles. The van der Waals surface area contributed by atoms with Gasteiger partial charge < -0.3 is 20.1 Å². The first-order valence-corrected chi connectivity index (χ1v) is 10.9. The second-order valence-corrected chi connectivity index (χ2v) is 7.71. The molecule has 0 radical (unpaired) electrons. The number of aromatic nitrogens is 2. The number of alkyl carbamates (subject to hydrolysis) is 1. The van der Waals surface area contributed by atoms with Crippen molar-refractivity contribution in [3.63, 3.8) is 0 Å². The van der Waals surface area contributed by atoms with Crippen LogP contribution in [0.25, 0.3) is 11.0 Å². The number of methoxy groups -OCH3 is 1. The summed E-state index contributed by atoms with van der Waals surface area (Å²) in [7, 11) is 1.61. The van der Waals surface area contributed by atoms with Gasteiger partial charge >= 0.3 is 6.09 Å². The van der Waals surface area contributed by atoms with Crippen molar-refractivity contribution in [3.05, 3.63) is 65.9 Å². The highest BCUT2D eigenvalue weighted by atomic mass is 16.5. The average Bonchev–Trinajstić information content (AvgIpc) is 3.08. The van der Waals surface area contributed by atoms with Crippen LogP contribution in [0.5, 0.6) is 5.88 Å². The van der Waals surface area contributed by atoms with Crippen molar-refractivity contribution in [1.29, 1.82) is 0 Å². The number of hydrogen-bond donors (Lipinski definition) is 2. The molecule has 0 bridgehead atoms. The summed E-state index contributed by atoms with van der Waals surface area (Å²) in [5.74, 6) is 0.568. The third-order valence-corrected chi connectivity index (χ3v) is 5.63. The molecular weight excluding hydrogens is 406 g/mol. The van der Waals surface area contributed by atoms with Crippen LogP contribution in [0.4, 0.5) is 4.79 Å². The van der Waals surface area contributed by atoms with E-state index in [-0.39, 0.29) is 6.04 Å². The molecule has 1 atom stereocenters. The molecule has 0 aliphatic carbocycles. The van der Waals surface area contributed by atoms with E-state index >= 15 is 0 Å². The first kappa shape index (κ1) is 22.0. The topological polar surface area (TPSA) is 88.6 Å². The van der Waals surface area contributed by atoms with E-state index in [1.54, 1.807) is 7.11 Å². The van der Waals surface area contributed by atoms with Crippen LogP contribution in [0.1, 0.15) is 23.6 Å². The van der Waals surface area contributed by atoms with Gasteiger partial charge in [-0.15, -0.1) is 0 Å². The Hall–Kier alpha value is -3.23. The lowest BCUT2D eigenvalue weighted by molar-refractivity contribution is 0.114. The summed E-state index contributed by atoms with van der Waals surface area (Å²) in [6.07, 6.45) is 2.44. The quantitative estimate of drug-likeness (QED) is 0.590. The minimum absolute atomic E-state index is 0.0959. The van der Waals surface area contributed by atoms with Crippen molar-refractivity contribution in [2.24, 2.45) is 0 Å². The lowest BCUT2D eigenvalue weighted by atomic mass is 10.0. The number of nitrogens with one attached hydrogen (secondary N) is 2. The molecule has 4 rings (SSSR count). The third kappa shape index (κ3) is 5.52. The molecule has 8 heteroatoms. The number of pyridine rings is 2. The van der Waals surface area contributed by atoms with Crippen LogP contribution in [-0.2, 0) is 11.3 Å². The molecule has 32 heavy (non-hydrogen) atoms. The predicted octanol–water partition coefficient (Wildman–Crippen LogP) is 2.90. The molecule has 1 aliphatic rings. The van der Waals surface area contributed by atoms with E-state index in [0.29, 0.717) is 25.6 Å². The predicted molar refractivity (Wildman–Crippen MR) is 123 cm³/mol. The SMILES string of the molecule is COc1ccc2nccc(C3CNCCCN3CCOC(=O)NCc3ccccc3)c2n1. The normalized spacial score (nSPS) is 17.0. The van der Waals surface area contributed by atoms with Crippen LogP contribution in [0.3, 0.4) is 0 Å². The smallest absolute Gasteiger partial charge is 0.407 e. The molecule has 3 aromatic rings. The van der Waals surface area contributed by atoms with Crippen molar-refractivity contribution < 1.29 is 14.3 Å². The number of rotatable bonds is 7. The highest BCUT2D eigenvalue weighted by Crippen LogP contribution is 2.28. The van der Waals surface area contributed by atoms with Crippen LogP contribution >= 0.6 is 0 Å². The zero-order chi connectivity index (χ0) is 22.2. The molecule has 2 aromatic heterocycles. The Labute approximate surface area is 188 Å². The summed E-state index contributed by atoms with van der Waals surface area (Å²) in [6, 6.07) is 15.7. The minimum Gasteiger partial charge on any atom is -0.481 e. The Morgan fingerprint density at radius 2 is 2.09 bits per heavy atom. The molecule has 1 aliphatic heterocycles. The van der Waals surface area contributed by atoms with Crippen LogP contribution in [0.15, 0.2) is 54.7 Å². The van der Waals surface area contributed by atoms with E-state index in [0.717, 1.165) is 48.2 Å². The van der Waals surface area contributed by atoms with Gasteiger partial charge in [-0.1, -0.05) is 30.3 Å². The summed E-state index contributed by atoms with van der Waals surface area (Å²) >= 11 is 0. The lowest BCUT2D eigenvalue weighted by Gasteiger charge is -2.30. The van der Waals surface area contributed by atoms with Crippen molar-refractivity contribution >= 4 is 17.1 Å². The Morgan fingerprint density at radius 3 is 2.94 bits per heavy atom. The van der Waals surface area contributed by atoms with Crippen LogP contribution < -0.4 is 15.4 Å². The van der Waals surface area contributed by atoms with Crippen LogP contribution in [0.2, 0.25) is 0 Å². The molecule has 1 saturated heterocycles. The maximum absolute atomic E-state index is 12.1. The minimum atomic E-state index is -0.404. The van der Waals surface area contributed by atoms with E-state index in [9.17, 15) is 4.79 Å². The molecule has 8 nitrogen and oxygen atoms in total. The first-order valence-electron chi connectivity index (χ1n) is 10.9. The van der Waals surface area contributed by atoms with Gasteiger partial charge in [0.15, 0.2) is 0 Å². The van der Waals surface area contributed by atoms with Gasteiger partial charge in [-0.25, -0.2) is 9.78 Å². The fourth-order valence-corrected chi connectivity index (χ4v) is 3.99. The number of hydrogen-bond acceptors (Lipinski definition) is 7. The maximum Gasteiger partial charge on any atom is 0.407 e. The monoisotopic (exact) mass is 435 g/mol. The van der Waals surface area contributed by atoms with Crippen LogP contribution in [0, 0.1) is 0 Å². The lowest BCUT2D eigenvalue weighted by Crippen LogP contribution is -2.36. The number of benzene rings is 1. The number of fused-ring (bicyclic) bond motifs is 1. The molecule has 3 heterocycles. The van der Waals surface area contributed by atoms with Crippen molar-refractivity contribution in [2.45, 2.75) is 19.0 Å². The van der Waals surface area contributed by atoms with Gasteiger partial charge in [0.05, 0.1) is 18.1 Å². The third-order valence-electron chi connectivity index (χ3n) is 5.63. The standard InChI is InChI=1S/C24H29N5O3/c1-31-22-9-8-20-23(28-22)19(10-12-26-20)21-17-25-11-5-13-29(21)14-15-32-24(30)27-16-18-6-3-2-4-7-18/h2-4,6-10,12,21,25H,5,11,13-17H2,1H3,(H,27,30). The van der Waals surface area contributed by atoms with E-state index in [1.807, 2.05) is 54.7 Å². The fraction of sp³-hybridized carbons (Fsp3) is 0.375. The molecule has 2 N–H and O–H groups in total. The summed E-state index contributed by atoms with van der Waals surface area (Å²) in [6.45, 7) is 4.05. The molecule has 1 unspecified atom stereocenters. The van der Waals surface area contributed by atoms with Gasteiger partial charge in [-0.3, -0.25) is 9.88 Å². The van der Waals surface area contributed by atoms with Gasteiger partial charge in [-0.2, -0.15) is 0 Å². The van der Waals surface area contributed by atoms with Crippen molar-refractivity contribution in [1.82, 2.24) is 25.5 Å². The zero-order valence-corrected chi connectivity index (χ0v) is 18.3. The molecule has 0 saturated carbocycles. The van der Waals surface area contributed by atoms with Crippen LogP contribution in [-0.4, -0.2) is 60.9 Å².